The van der Waals surface area contributed by atoms with Crippen LogP contribution in [0.25, 0.3) is 0 Å². The van der Waals surface area contributed by atoms with E-state index in [0.29, 0.717) is 17.8 Å². The number of hydrogen-bond acceptors (Lipinski definition) is 4. The molecule has 156 valence electrons. The molecule has 0 spiro atoms. The van der Waals surface area contributed by atoms with Gasteiger partial charge in [-0.1, -0.05) is 19.1 Å². The van der Waals surface area contributed by atoms with Gasteiger partial charge in [-0.25, -0.2) is 4.99 Å². The van der Waals surface area contributed by atoms with E-state index in [-0.39, 0.29) is 12.5 Å². The molecule has 28 heavy (non-hydrogen) atoms. The lowest BCUT2D eigenvalue weighted by Crippen LogP contribution is -2.42. The number of rotatable bonds is 9. The Hall–Kier alpha value is -2.28. The van der Waals surface area contributed by atoms with Gasteiger partial charge in [-0.3, -0.25) is 4.79 Å². The predicted molar refractivity (Wildman–Crippen MR) is 112 cm³/mol. The summed E-state index contributed by atoms with van der Waals surface area (Å²) in [5.74, 6) is 2.45. The normalized spacial score (nSPS) is 17.9. The van der Waals surface area contributed by atoms with Gasteiger partial charge in [0, 0.05) is 39.7 Å². The zero-order valence-electron chi connectivity index (χ0n) is 17.5. The summed E-state index contributed by atoms with van der Waals surface area (Å²) in [5.41, 5.74) is 1.27. The molecule has 1 aromatic carbocycles. The monoisotopic (exact) mass is 390 g/mol. The number of amides is 1. The van der Waals surface area contributed by atoms with Crippen molar-refractivity contribution in [3.63, 3.8) is 0 Å². The Labute approximate surface area is 168 Å². The molecule has 2 atom stereocenters. The van der Waals surface area contributed by atoms with E-state index in [0.717, 1.165) is 44.9 Å². The summed E-state index contributed by atoms with van der Waals surface area (Å²) in [6, 6.07) is 8.16. The van der Waals surface area contributed by atoms with Gasteiger partial charge in [-0.05, 0) is 36.5 Å². The van der Waals surface area contributed by atoms with Crippen molar-refractivity contribution < 1.29 is 14.3 Å². The van der Waals surface area contributed by atoms with Gasteiger partial charge in [0.15, 0.2) is 5.96 Å². The van der Waals surface area contributed by atoms with Crippen LogP contribution in [-0.2, 0) is 16.0 Å². The van der Waals surface area contributed by atoms with E-state index in [1.807, 2.05) is 12.1 Å². The SMILES string of the molecule is COc1ccc(CC(C)CNC(=NCC(=O)N(C)C)NCC2CCOC2)cc1. The quantitative estimate of drug-likeness (QED) is 0.494. The molecule has 0 aliphatic carbocycles. The average Bonchev–Trinajstić information content (AvgIpc) is 3.21. The highest BCUT2D eigenvalue weighted by Crippen LogP contribution is 2.14. The Kier molecular flexibility index (Phi) is 9.07. The van der Waals surface area contributed by atoms with Gasteiger partial charge in [0.25, 0.3) is 0 Å². The van der Waals surface area contributed by atoms with Crippen LogP contribution < -0.4 is 15.4 Å². The number of aliphatic imine (C=N–C) groups is 1. The third-order valence-electron chi connectivity index (χ3n) is 4.81. The molecular weight excluding hydrogens is 356 g/mol. The maximum atomic E-state index is 11.9. The van der Waals surface area contributed by atoms with Crippen LogP contribution in [0.1, 0.15) is 18.9 Å². The fraction of sp³-hybridized carbons (Fsp3) is 0.619. The van der Waals surface area contributed by atoms with E-state index in [2.05, 4.69) is 34.7 Å². The molecule has 1 aliphatic heterocycles. The zero-order valence-corrected chi connectivity index (χ0v) is 17.5. The van der Waals surface area contributed by atoms with E-state index in [9.17, 15) is 4.79 Å². The molecule has 0 radical (unpaired) electrons. The van der Waals surface area contributed by atoms with Crippen LogP contribution in [0.5, 0.6) is 5.75 Å². The highest BCUT2D eigenvalue weighted by atomic mass is 16.5. The number of benzene rings is 1. The molecule has 1 heterocycles. The van der Waals surface area contributed by atoms with Gasteiger partial charge in [0.05, 0.1) is 13.7 Å². The lowest BCUT2D eigenvalue weighted by atomic mass is 10.0. The molecule has 0 aromatic heterocycles. The molecule has 7 heteroatoms. The summed E-state index contributed by atoms with van der Waals surface area (Å²) in [4.78, 5) is 17.9. The molecule has 1 amide bonds. The van der Waals surface area contributed by atoms with Crippen LogP contribution in [0.15, 0.2) is 29.3 Å². The van der Waals surface area contributed by atoms with Crippen LogP contribution in [0.4, 0.5) is 0 Å². The first kappa shape index (κ1) is 22.0. The molecule has 1 saturated heterocycles. The fourth-order valence-electron chi connectivity index (χ4n) is 2.95. The lowest BCUT2D eigenvalue weighted by Gasteiger charge is -2.18. The van der Waals surface area contributed by atoms with Gasteiger partial charge >= 0.3 is 0 Å². The zero-order chi connectivity index (χ0) is 20.4. The number of nitrogens with one attached hydrogen (secondary N) is 2. The first-order valence-electron chi connectivity index (χ1n) is 9.91. The van der Waals surface area contributed by atoms with E-state index in [1.54, 1.807) is 26.1 Å². The number of carbonyl (C=O) groups excluding carboxylic acids is 1. The molecule has 1 fully saturated rings. The Morgan fingerprint density at radius 3 is 2.68 bits per heavy atom. The van der Waals surface area contributed by atoms with Crippen LogP contribution in [0.2, 0.25) is 0 Å². The van der Waals surface area contributed by atoms with Gasteiger partial charge in [0.1, 0.15) is 12.3 Å². The van der Waals surface area contributed by atoms with E-state index in [1.165, 1.54) is 5.56 Å². The van der Waals surface area contributed by atoms with Crippen molar-refractivity contribution in [1.82, 2.24) is 15.5 Å². The standard InChI is InChI=1S/C21H34N4O3/c1-16(11-17-5-7-19(27-4)8-6-17)12-22-21(24-14-20(26)25(2)3)23-13-18-9-10-28-15-18/h5-8,16,18H,9-15H2,1-4H3,(H2,22,23,24). The number of hydrogen-bond donors (Lipinski definition) is 2. The average molecular weight is 391 g/mol. The second kappa shape index (κ2) is 11.5. The topological polar surface area (TPSA) is 75.2 Å². The second-order valence-electron chi connectivity index (χ2n) is 7.60. The second-order valence-corrected chi connectivity index (χ2v) is 7.60. The Bertz CT molecular complexity index is 625. The molecule has 2 rings (SSSR count). The summed E-state index contributed by atoms with van der Waals surface area (Å²) in [5, 5.41) is 6.75. The van der Waals surface area contributed by atoms with Gasteiger partial charge < -0.3 is 25.0 Å². The molecule has 2 N–H and O–H groups in total. The minimum absolute atomic E-state index is 0.0171. The van der Waals surface area contributed by atoms with Crippen LogP contribution in [-0.4, -0.2) is 70.8 Å². The summed E-state index contributed by atoms with van der Waals surface area (Å²) in [6.45, 7) is 5.51. The van der Waals surface area contributed by atoms with Gasteiger partial charge in [-0.2, -0.15) is 0 Å². The van der Waals surface area contributed by atoms with Gasteiger partial charge in [0.2, 0.25) is 5.91 Å². The molecule has 0 bridgehead atoms. The number of likely N-dealkylation sites (N-methyl/N-ethyl adjacent to an activating group) is 1. The highest BCUT2D eigenvalue weighted by molar-refractivity contribution is 5.84. The third kappa shape index (κ3) is 7.76. The number of methoxy groups -OCH3 is 1. The van der Waals surface area contributed by atoms with Crippen LogP contribution in [0.3, 0.4) is 0 Å². The van der Waals surface area contributed by atoms with E-state index < -0.39 is 0 Å². The summed E-state index contributed by atoms with van der Waals surface area (Å²) in [6.07, 6.45) is 2.02. The van der Waals surface area contributed by atoms with Crippen molar-refractivity contribution in [1.29, 1.82) is 0 Å². The third-order valence-corrected chi connectivity index (χ3v) is 4.81. The molecule has 1 aromatic rings. The van der Waals surface area contributed by atoms with Crippen LogP contribution >= 0.6 is 0 Å². The number of carbonyl (C=O) groups is 1. The summed E-state index contributed by atoms with van der Waals surface area (Å²) in [7, 11) is 5.16. The van der Waals surface area contributed by atoms with Crippen molar-refractivity contribution in [3.05, 3.63) is 29.8 Å². The van der Waals surface area contributed by atoms with Crippen molar-refractivity contribution in [2.75, 3.05) is 54.1 Å². The fourth-order valence-corrected chi connectivity index (χ4v) is 2.95. The van der Waals surface area contributed by atoms with Crippen LogP contribution in [0, 0.1) is 11.8 Å². The molecular formula is C21H34N4O3. The first-order valence-corrected chi connectivity index (χ1v) is 9.91. The van der Waals surface area contributed by atoms with E-state index >= 15 is 0 Å². The maximum absolute atomic E-state index is 11.9. The summed E-state index contributed by atoms with van der Waals surface area (Å²) < 4.78 is 10.6. The minimum atomic E-state index is -0.0171. The predicted octanol–water partition coefficient (Wildman–Crippen LogP) is 1.53. The Morgan fingerprint density at radius 1 is 1.32 bits per heavy atom. The highest BCUT2D eigenvalue weighted by Gasteiger charge is 2.16. The number of guanidine groups is 1. The minimum Gasteiger partial charge on any atom is -0.497 e. The van der Waals surface area contributed by atoms with E-state index in [4.69, 9.17) is 9.47 Å². The molecule has 7 nitrogen and oxygen atoms in total. The summed E-state index contributed by atoms with van der Waals surface area (Å²) >= 11 is 0. The number of ether oxygens (including phenoxy) is 2. The smallest absolute Gasteiger partial charge is 0.243 e. The Balaban J connectivity index is 1.85. The lowest BCUT2D eigenvalue weighted by molar-refractivity contribution is -0.127. The molecule has 0 saturated carbocycles. The maximum Gasteiger partial charge on any atom is 0.243 e. The van der Waals surface area contributed by atoms with Crippen molar-refractivity contribution in [2.24, 2.45) is 16.8 Å². The largest absolute Gasteiger partial charge is 0.497 e. The molecule has 2 unspecified atom stereocenters. The molecule has 1 aliphatic rings. The van der Waals surface area contributed by atoms with Gasteiger partial charge in [-0.15, -0.1) is 0 Å². The first-order chi connectivity index (χ1) is 13.5. The van der Waals surface area contributed by atoms with Crippen molar-refractivity contribution in [2.45, 2.75) is 19.8 Å². The van der Waals surface area contributed by atoms with Crippen molar-refractivity contribution in [3.8, 4) is 5.75 Å². The van der Waals surface area contributed by atoms with Crippen molar-refractivity contribution >= 4 is 11.9 Å². The number of nitrogens with zero attached hydrogens (tertiary/aromatic N) is 2. The Morgan fingerprint density at radius 2 is 2.07 bits per heavy atom.